The number of carbonyl (C=O) groups excluding carboxylic acids is 1. The SMILES string of the molecule is CNCCN(C)C(=O)c1cc(-c2csc(C)n2)c[nH]1.Cl.Cl. The third-order valence-electron chi connectivity index (χ3n) is 2.87. The van der Waals surface area contributed by atoms with Gasteiger partial charge < -0.3 is 15.2 Å². The van der Waals surface area contributed by atoms with E-state index in [0.717, 1.165) is 22.8 Å². The summed E-state index contributed by atoms with van der Waals surface area (Å²) in [6.45, 7) is 3.43. The minimum absolute atomic E-state index is 0. The Morgan fingerprint density at radius 3 is 2.76 bits per heavy atom. The van der Waals surface area contributed by atoms with Gasteiger partial charge in [-0.15, -0.1) is 36.2 Å². The van der Waals surface area contributed by atoms with E-state index in [9.17, 15) is 4.79 Å². The van der Waals surface area contributed by atoms with Crippen molar-refractivity contribution in [2.45, 2.75) is 6.92 Å². The molecule has 2 N–H and O–H groups in total. The normalized spacial score (nSPS) is 9.67. The highest BCUT2D eigenvalue weighted by Crippen LogP contribution is 2.22. The van der Waals surface area contributed by atoms with Gasteiger partial charge >= 0.3 is 0 Å². The minimum Gasteiger partial charge on any atom is -0.357 e. The van der Waals surface area contributed by atoms with E-state index in [0.29, 0.717) is 12.2 Å². The van der Waals surface area contributed by atoms with E-state index in [4.69, 9.17) is 0 Å². The van der Waals surface area contributed by atoms with E-state index in [-0.39, 0.29) is 30.7 Å². The predicted molar refractivity (Wildman–Crippen MR) is 92.0 cm³/mol. The number of nitrogens with one attached hydrogen (secondary N) is 2. The lowest BCUT2D eigenvalue weighted by Gasteiger charge is -2.15. The van der Waals surface area contributed by atoms with Crippen molar-refractivity contribution in [1.29, 1.82) is 0 Å². The maximum Gasteiger partial charge on any atom is 0.270 e. The molecule has 0 aliphatic heterocycles. The molecule has 8 heteroatoms. The minimum atomic E-state index is -0.00606. The maximum absolute atomic E-state index is 12.1. The Bertz CT molecular complexity index is 570. The molecule has 21 heavy (non-hydrogen) atoms. The summed E-state index contributed by atoms with van der Waals surface area (Å²) in [5, 5.41) is 6.05. The first-order chi connectivity index (χ1) is 9.11. The second-order valence-corrected chi connectivity index (χ2v) is 5.45. The summed E-state index contributed by atoms with van der Waals surface area (Å²) in [4.78, 5) is 21.3. The zero-order valence-corrected chi connectivity index (χ0v) is 14.6. The third-order valence-corrected chi connectivity index (χ3v) is 3.65. The zero-order chi connectivity index (χ0) is 13.8. The quantitative estimate of drug-likeness (QED) is 0.871. The Kier molecular flexibility index (Phi) is 8.58. The van der Waals surface area contributed by atoms with Crippen LogP contribution in [0.1, 0.15) is 15.5 Å². The van der Waals surface area contributed by atoms with E-state index in [2.05, 4.69) is 15.3 Å². The van der Waals surface area contributed by atoms with Crippen LogP contribution in [0.3, 0.4) is 0 Å². The number of carbonyl (C=O) groups is 1. The van der Waals surface area contributed by atoms with Gasteiger partial charge in [0, 0.05) is 37.3 Å². The number of aryl methyl sites for hydroxylation is 1. The van der Waals surface area contributed by atoms with Crippen molar-refractivity contribution < 1.29 is 4.79 Å². The molecule has 0 saturated heterocycles. The van der Waals surface area contributed by atoms with Gasteiger partial charge in [0.2, 0.25) is 0 Å². The van der Waals surface area contributed by atoms with Crippen LogP contribution in [0.15, 0.2) is 17.6 Å². The van der Waals surface area contributed by atoms with Crippen molar-refractivity contribution in [3.8, 4) is 11.3 Å². The van der Waals surface area contributed by atoms with Crippen molar-refractivity contribution in [3.05, 3.63) is 28.3 Å². The Morgan fingerprint density at radius 1 is 1.48 bits per heavy atom. The number of rotatable bonds is 5. The van der Waals surface area contributed by atoms with Crippen molar-refractivity contribution in [3.63, 3.8) is 0 Å². The number of H-pyrrole nitrogens is 1. The molecule has 5 nitrogen and oxygen atoms in total. The fourth-order valence-corrected chi connectivity index (χ4v) is 2.37. The molecule has 0 fully saturated rings. The molecule has 0 aliphatic carbocycles. The van der Waals surface area contributed by atoms with Crippen molar-refractivity contribution in [2.75, 3.05) is 27.2 Å². The second kappa shape index (κ2) is 9.04. The standard InChI is InChI=1S/C13H18N4OS.2ClH/c1-9-16-12(8-19-9)10-6-11(15-7-10)13(18)17(3)5-4-14-2;;/h6-8,14-15H,4-5H2,1-3H3;2*1H. The van der Waals surface area contributed by atoms with Crippen LogP contribution >= 0.6 is 36.2 Å². The number of hydrogen-bond acceptors (Lipinski definition) is 4. The molecule has 0 radical (unpaired) electrons. The predicted octanol–water partition coefficient (Wildman–Crippen LogP) is 2.58. The molecule has 0 unspecified atom stereocenters. The monoisotopic (exact) mass is 350 g/mol. The molecule has 2 heterocycles. The molecule has 2 rings (SSSR count). The Labute approximate surface area is 141 Å². The van der Waals surface area contributed by atoms with E-state index >= 15 is 0 Å². The summed E-state index contributed by atoms with van der Waals surface area (Å²) in [5.74, 6) is -0.00606. The molecule has 0 bridgehead atoms. The number of halogens is 2. The van der Waals surface area contributed by atoms with Crippen LogP contribution < -0.4 is 5.32 Å². The van der Waals surface area contributed by atoms with Gasteiger partial charge in [-0.3, -0.25) is 4.79 Å². The Balaban J connectivity index is 0.00000200. The van der Waals surface area contributed by atoms with Gasteiger partial charge in [-0.2, -0.15) is 0 Å². The van der Waals surface area contributed by atoms with Crippen LogP contribution in [-0.4, -0.2) is 48.0 Å². The van der Waals surface area contributed by atoms with Gasteiger partial charge in [-0.05, 0) is 20.0 Å². The average Bonchev–Trinajstić information content (AvgIpc) is 3.03. The summed E-state index contributed by atoms with van der Waals surface area (Å²) in [6, 6.07) is 1.85. The molecule has 0 aromatic carbocycles. The third kappa shape index (κ3) is 5.00. The molecule has 118 valence electrons. The summed E-state index contributed by atoms with van der Waals surface area (Å²) in [6.07, 6.45) is 1.83. The number of aromatic nitrogens is 2. The Morgan fingerprint density at radius 2 is 2.19 bits per heavy atom. The second-order valence-electron chi connectivity index (χ2n) is 4.38. The highest BCUT2D eigenvalue weighted by atomic mass is 35.5. The van der Waals surface area contributed by atoms with Gasteiger partial charge in [-0.25, -0.2) is 4.98 Å². The van der Waals surface area contributed by atoms with Crippen molar-refractivity contribution >= 4 is 42.1 Å². The summed E-state index contributed by atoms with van der Waals surface area (Å²) in [5.41, 5.74) is 2.46. The van der Waals surface area contributed by atoms with Crippen molar-refractivity contribution in [2.24, 2.45) is 0 Å². The molecule has 0 aliphatic rings. The fourth-order valence-electron chi connectivity index (χ4n) is 1.75. The summed E-state index contributed by atoms with van der Waals surface area (Å²) >= 11 is 1.61. The number of thiazole rings is 1. The van der Waals surface area contributed by atoms with Gasteiger partial charge in [-0.1, -0.05) is 0 Å². The van der Waals surface area contributed by atoms with Crippen LogP contribution in [-0.2, 0) is 0 Å². The molecule has 0 atom stereocenters. The number of likely N-dealkylation sites (N-methyl/N-ethyl adjacent to an activating group) is 2. The lowest BCUT2D eigenvalue weighted by atomic mass is 10.2. The number of nitrogens with zero attached hydrogens (tertiary/aromatic N) is 2. The molecule has 2 aromatic heterocycles. The van der Waals surface area contributed by atoms with E-state index in [1.807, 2.05) is 31.6 Å². The summed E-state index contributed by atoms with van der Waals surface area (Å²) in [7, 11) is 3.67. The first-order valence-corrected chi connectivity index (χ1v) is 7.00. The molecular formula is C13H20Cl2N4OS. The topological polar surface area (TPSA) is 61.0 Å². The van der Waals surface area contributed by atoms with Gasteiger partial charge in [0.05, 0.1) is 10.7 Å². The van der Waals surface area contributed by atoms with Gasteiger partial charge in [0.25, 0.3) is 5.91 Å². The smallest absolute Gasteiger partial charge is 0.270 e. The lowest BCUT2D eigenvalue weighted by Crippen LogP contribution is -2.32. The number of hydrogen-bond donors (Lipinski definition) is 2. The van der Waals surface area contributed by atoms with E-state index < -0.39 is 0 Å². The van der Waals surface area contributed by atoms with Crippen LogP contribution in [0.25, 0.3) is 11.3 Å². The average molecular weight is 351 g/mol. The zero-order valence-electron chi connectivity index (χ0n) is 12.2. The highest BCUT2D eigenvalue weighted by Gasteiger charge is 2.14. The molecule has 1 amide bonds. The molecule has 2 aromatic rings. The van der Waals surface area contributed by atoms with E-state index in [1.54, 1.807) is 23.3 Å². The van der Waals surface area contributed by atoms with Gasteiger partial charge in [0.15, 0.2) is 0 Å². The maximum atomic E-state index is 12.1. The first-order valence-electron chi connectivity index (χ1n) is 6.13. The number of amides is 1. The molecule has 0 saturated carbocycles. The van der Waals surface area contributed by atoms with Crippen LogP contribution in [0.5, 0.6) is 0 Å². The van der Waals surface area contributed by atoms with Crippen LogP contribution in [0.4, 0.5) is 0 Å². The first kappa shape index (κ1) is 19.9. The lowest BCUT2D eigenvalue weighted by molar-refractivity contribution is 0.0792. The molecule has 0 spiro atoms. The summed E-state index contributed by atoms with van der Waals surface area (Å²) < 4.78 is 0. The highest BCUT2D eigenvalue weighted by molar-refractivity contribution is 7.09. The van der Waals surface area contributed by atoms with Crippen LogP contribution in [0, 0.1) is 6.92 Å². The van der Waals surface area contributed by atoms with Gasteiger partial charge in [0.1, 0.15) is 5.69 Å². The van der Waals surface area contributed by atoms with E-state index in [1.165, 1.54) is 0 Å². The number of aromatic amines is 1. The largest absolute Gasteiger partial charge is 0.357 e. The Hall–Kier alpha value is -1.08. The van der Waals surface area contributed by atoms with Crippen molar-refractivity contribution in [1.82, 2.24) is 20.2 Å². The molecular weight excluding hydrogens is 331 g/mol. The van der Waals surface area contributed by atoms with Crippen LogP contribution in [0.2, 0.25) is 0 Å². The fraction of sp³-hybridized carbons (Fsp3) is 0.385.